The molecular weight excluding hydrogens is 188 g/mol. The molecule has 0 saturated heterocycles. The van der Waals surface area contributed by atoms with Crippen LogP contribution in [0.4, 0.5) is 0 Å². The van der Waals surface area contributed by atoms with Crippen molar-refractivity contribution in [3.63, 3.8) is 0 Å². The second kappa shape index (κ2) is 3.47. The molecule has 0 amide bonds. The number of rotatable bonds is 4. The molecule has 0 spiro atoms. The third kappa shape index (κ3) is 2.11. The summed E-state index contributed by atoms with van der Waals surface area (Å²) >= 11 is 0. The highest BCUT2D eigenvalue weighted by atomic mass is 16.5. The Balaban J connectivity index is 1.78. The van der Waals surface area contributed by atoms with Crippen LogP contribution in [-0.4, -0.2) is 16.6 Å². The van der Waals surface area contributed by atoms with E-state index in [9.17, 15) is 0 Å². The normalized spacial score (nSPS) is 20.3. The SMILES string of the molecule is [CH2]c1cnc(C2CC2)c(OCC2CC2)n1. The lowest BCUT2D eigenvalue weighted by atomic mass is 10.3. The van der Waals surface area contributed by atoms with Gasteiger partial charge in [-0.3, -0.25) is 4.98 Å². The van der Waals surface area contributed by atoms with E-state index < -0.39 is 0 Å². The molecule has 0 aliphatic heterocycles. The summed E-state index contributed by atoms with van der Waals surface area (Å²) in [6, 6.07) is 0. The van der Waals surface area contributed by atoms with E-state index in [1.165, 1.54) is 25.7 Å². The molecule has 1 aromatic rings. The average molecular weight is 203 g/mol. The van der Waals surface area contributed by atoms with Gasteiger partial charge < -0.3 is 4.74 Å². The number of aromatic nitrogens is 2. The molecule has 2 aliphatic rings. The van der Waals surface area contributed by atoms with Crippen LogP contribution >= 0.6 is 0 Å². The molecule has 0 bridgehead atoms. The van der Waals surface area contributed by atoms with Gasteiger partial charge in [0.2, 0.25) is 5.88 Å². The van der Waals surface area contributed by atoms with E-state index in [1.54, 1.807) is 6.20 Å². The van der Waals surface area contributed by atoms with E-state index in [0.29, 0.717) is 11.6 Å². The zero-order valence-electron chi connectivity index (χ0n) is 8.78. The topological polar surface area (TPSA) is 35.0 Å². The molecule has 0 aromatic carbocycles. The van der Waals surface area contributed by atoms with Crippen molar-refractivity contribution in [3.05, 3.63) is 24.5 Å². The highest BCUT2D eigenvalue weighted by molar-refractivity contribution is 5.28. The van der Waals surface area contributed by atoms with Gasteiger partial charge in [0.15, 0.2) is 0 Å². The van der Waals surface area contributed by atoms with Crippen LogP contribution in [0.15, 0.2) is 6.20 Å². The number of hydrogen-bond acceptors (Lipinski definition) is 3. The predicted molar refractivity (Wildman–Crippen MR) is 56.7 cm³/mol. The zero-order valence-corrected chi connectivity index (χ0v) is 8.78. The standard InChI is InChI=1S/C12H15N2O/c1-8-6-13-11(10-4-5-10)12(14-8)15-7-9-2-3-9/h6,9-10H,1-5,7H2. The van der Waals surface area contributed by atoms with Crippen LogP contribution in [0.3, 0.4) is 0 Å². The summed E-state index contributed by atoms with van der Waals surface area (Å²) in [5.41, 5.74) is 1.74. The van der Waals surface area contributed by atoms with Crippen molar-refractivity contribution < 1.29 is 4.74 Å². The first-order valence-corrected chi connectivity index (χ1v) is 5.64. The van der Waals surface area contributed by atoms with Crippen LogP contribution in [0.25, 0.3) is 0 Å². The summed E-state index contributed by atoms with van der Waals surface area (Å²) in [5, 5.41) is 0. The van der Waals surface area contributed by atoms with Gasteiger partial charge in [-0.15, -0.1) is 0 Å². The van der Waals surface area contributed by atoms with Gasteiger partial charge in [0, 0.05) is 12.1 Å². The van der Waals surface area contributed by atoms with E-state index in [4.69, 9.17) is 4.74 Å². The van der Waals surface area contributed by atoms with Crippen molar-refractivity contribution in [2.24, 2.45) is 5.92 Å². The fourth-order valence-electron chi connectivity index (χ4n) is 1.64. The molecule has 79 valence electrons. The Bertz CT molecular complexity index is 370. The fourth-order valence-corrected chi connectivity index (χ4v) is 1.64. The highest BCUT2D eigenvalue weighted by Crippen LogP contribution is 2.42. The first-order valence-electron chi connectivity index (χ1n) is 5.64. The number of ether oxygens (including phenoxy) is 1. The highest BCUT2D eigenvalue weighted by Gasteiger charge is 2.30. The van der Waals surface area contributed by atoms with Crippen LogP contribution in [0.1, 0.15) is 43.0 Å². The molecule has 0 unspecified atom stereocenters. The number of nitrogens with zero attached hydrogens (tertiary/aromatic N) is 2. The third-order valence-corrected chi connectivity index (χ3v) is 2.93. The summed E-state index contributed by atoms with van der Waals surface area (Å²) in [5.74, 6) is 2.08. The molecular formula is C12H15N2O. The van der Waals surface area contributed by atoms with E-state index in [1.807, 2.05) is 0 Å². The van der Waals surface area contributed by atoms with Crippen molar-refractivity contribution >= 4 is 0 Å². The fraction of sp³-hybridized carbons (Fsp3) is 0.583. The van der Waals surface area contributed by atoms with Crippen molar-refractivity contribution in [1.29, 1.82) is 0 Å². The van der Waals surface area contributed by atoms with Crippen molar-refractivity contribution in [1.82, 2.24) is 9.97 Å². The van der Waals surface area contributed by atoms with Crippen LogP contribution in [0.5, 0.6) is 5.88 Å². The molecule has 0 N–H and O–H groups in total. The average Bonchev–Trinajstić information content (AvgIpc) is 3.08. The molecule has 0 atom stereocenters. The molecule has 3 nitrogen and oxygen atoms in total. The zero-order chi connectivity index (χ0) is 10.3. The second-order valence-corrected chi connectivity index (χ2v) is 4.58. The summed E-state index contributed by atoms with van der Waals surface area (Å²) in [6.45, 7) is 4.59. The Morgan fingerprint density at radius 3 is 2.80 bits per heavy atom. The summed E-state index contributed by atoms with van der Waals surface area (Å²) in [6.07, 6.45) is 6.79. The van der Waals surface area contributed by atoms with Crippen molar-refractivity contribution in [2.45, 2.75) is 31.6 Å². The van der Waals surface area contributed by atoms with Gasteiger partial charge in [0.1, 0.15) is 5.69 Å². The quantitative estimate of drug-likeness (QED) is 0.753. The maximum absolute atomic E-state index is 5.73. The van der Waals surface area contributed by atoms with Gasteiger partial charge in [0.25, 0.3) is 0 Å². The summed E-state index contributed by atoms with van der Waals surface area (Å²) in [4.78, 5) is 8.73. The third-order valence-electron chi connectivity index (χ3n) is 2.93. The van der Waals surface area contributed by atoms with E-state index in [-0.39, 0.29) is 0 Å². The van der Waals surface area contributed by atoms with Crippen LogP contribution < -0.4 is 4.74 Å². The first kappa shape index (κ1) is 9.13. The Kier molecular flexibility index (Phi) is 2.11. The first-order chi connectivity index (χ1) is 7.33. The predicted octanol–water partition coefficient (Wildman–Crippen LogP) is 2.32. The molecule has 2 aliphatic carbocycles. The summed E-state index contributed by atoms with van der Waals surface area (Å²) in [7, 11) is 0. The van der Waals surface area contributed by atoms with Gasteiger partial charge in [-0.05, 0) is 38.5 Å². The molecule has 1 heterocycles. The van der Waals surface area contributed by atoms with E-state index >= 15 is 0 Å². The molecule has 1 radical (unpaired) electrons. The van der Waals surface area contributed by atoms with Crippen LogP contribution in [-0.2, 0) is 0 Å². The molecule has 15 heavy (non-hydrogen) atoms. The minimum atomic E-state index is 0.590. The van der Waals surface area contributed by atoms with Gasteiger partial charge in [-0.1, -0.05) is 0 Å². The second-order valence-electron chi connectivity index (χ2n) is 4.58. The maximum atomic E-state index is 5.73. The van der Waals surface area contributed by atoms with Gasteiger partial charge in [-0.25, -0.2) is 4.98 Å². The summed E-state index contributed by atoms with van der Waals surface area (Å²) < 4.78 is 5.73. The van der Waals surface area contributed by atoms with Gasteiger partial charge >= 0.3 is 0 Å². The lowest BCUT2D eigenvalue weighted by Crippen LogP contribution is -2.05. The largest absolute Gasteiger partial charge is 0.476 e. The monoisotopic (exact) mass is 203 g/mol. The maximum Gasteiger partial charge on any atom is 0.236 e. The van der Waals surface area contributed by atoms with Gasteiger partial charge in [-0.2, -0.15) is 0 Å². The smallest absolute Gasteiger partial charge is 0.236 e. The molecule has 3 heteroatoms. The Hall–Kier alpha value is -1.12. The Morgan fingerprint density at radius 1 is 1.33 bits per heavy atom. The molecule has 1 aromatic heterocycles. The van der Waals surface area contributed by atoms with Gasteiger partial charge in [0.05, 0.1) is 12.3 Å². The van der Waals surface area contributed by atoms with E-state index in [2.05, 4.69) is 16.9 Å². The Morgan fingerprint density at radius 2 is 2.13 bits per heavy atom. The Labute approximate surface area is 89.9 Å². The van der Waals surface area contributed by atoms with Crippen molar-refractivity contribution in [2.75, 3.05) is 6.61 Å². The molecule has 2 fully saturated rings. The molecule has 3 rings (SSSR count). The lowest BCUT2D eigenvalue weighted by molar-refractivity contribution is 0.283. The van der Waals surface area contributed by atoms with Crippen LogP contribution in [0, 0.1) is 12.8 Å². The molecule has 2 saturated carbocycles. The minimum absolute atomic E-state index is 0.590. The minimum Gasteiger partial charge on any atom is -0.476 e. The van der Waals surface area contributed by atoms with Crippen molar-refractivity contribution in [3.8, 4) is 5.88 Å². The number of hydrogen-bond donors (Lipinski definition) is 0. The van der Waals surface area contributed by atoms with Crippen LogP contribution in [0.2, 0.25) is 0 Å². The lowest BCUT2D eigenvalue weighted by Gasteiger charge is -2.08. The van der Waals surface area contributed by atoms with E-state index in [0.717, 1.165) is 24.1 Å².